The van der Waals surface area contributed by atoms with Crippen molar-refractivity contribution in [1.82, 2.24) is 0 Å². The molecule has 2 aromatic rings. The third-order valence-electron chi connectivity index (χ3n) is 6.04. The highest BCUT2D eigenvalue weighted by molar-refractivity contribution is 5.25. The van der Waals surface area contributed by atoms with E-state index in [2.05, 4.69) is 76.2 Å². The Morgan fingerprint density at radius 2 is 1.74 bits per heavy atom. The molecule has 1 saturated heterocycles. The Bertz CT molecular complexity index is 712. The number of aliphatic hydroxyl groups is 1. The van der Waals surface area contributed by atoms with Crippen LogP contribution in [-0.2, 0) is 26.2 Å². The minimum atomic E-state index is 0.0520. The van der Waals surface area contributed by atoms with Crippen LogP contribution in [0.1, 0.15) is 63.1 Å². The average molecular weight is 429 g/mol. The number of benzene rings is 2. The maximum absolute atomic E-state index is 8.68. The highest BCUT2D eigenvalue weighted by atomic mass is 16.6. The first kappa shape index (κ1) is 25.5. The minimum absolute atomic E-state index is 0.0520. The van der Waals surface area contributed by atoms with Crippen LogP contribution in [0.4, 0.5) is 0 Å². The zero-order valence-electron chi connectivity index (χ0n) is 19.7. The van der Waals surface area contributed by atoms with Gasteiger partial charge < -0.3 is 19.3 Å². The summed E-state index contributed by atoms with van der Waals surface area (Å²) in [6.07, 6.45) is 2.58. The highest BCUT2D eigenvalue weighted by Crippen LogP contribution is 2.27. The second-order valence-electron chi connectivity index (χ2n) is 8.58. The molecule has 1 heterocycles. The van der Waals surface area contributed by atoms with Gasteiger partial charge >= 0.3 is 0 Å². The molecule has 0 saturated carbocycles. The molecule has 4 heteroatoms. The molecule has 0 radical (unpaired) electrons. The first-order valence-corrected chi connectivity index (χ1v) is 11.5. The van der Waals surface area contributed by atoms with E-state index in [1.807, 2.05) is 6.07 Å². The molecular formula is C27H40O4. The molecule has 1 aliphatic rings. The van der Waals surface area contributed by atoms with Gasteiger partial charge in [0.05, 0.1) is 39.6 Å². The van der Waals surface area contributed by atoms with Gasteiger partial charge in [-0.15, -0.1) is 0 Å². The molecule has 0 bridgehead atoms. The number of hydrogen-bond donors (Lipinski definition) is 1. The first-order valence-electron chi connectivity index (χ1n) is 11.5. The highest BCUT2D eigenvalue weighted by Gasteiger charge is 2.24. The van der Waals surface area contributed by atoms with Crippen molar-refractivity contribution in [2.24, 2.45) is 0 Å². The fraction of sp³-hybridized carbons (Fsp3) is 0.556. The summed E-state index contributed by atoms with van der Waals surface area (Å²) in [5.41, 5.74) is 4.01. The third kappa shape index (κ3) is 9.12. The molecule has 0 amide bonds. The lowest BCUT2D eigenvalue weighted by atomic mass is 9.81. The molecule has 0 spiro atoms. The number of epoxide rings is 1. The van der Waals surface area contributed by atoms with Crippen LogP contribution in [0.15, 0.2) is 54.6 Å². The molecule has 1 N–H and O–H groups in total. The van der Waals surface area contributed by atoms with Crippen LogP contribution in [0, 0.1) is 0 Å². The van der Waals surface area contributed by atoms with Crippen LogP contribution in [0.25, 0.3) is 0 Å². The molecule has 2 aromatic carbocycles. The van der Waals surface area contributed by atoms with Crippen LogP contribution in [0.5, 0.6) is 0 Å². The summed E-state index contributed by atoms with van der Waals surface area (Å²) in [5.74, 6) is 0.648. The van der Waals surface area contributed by atoms with Gasteiger partial charge in [-0.25, -0.2) is 0 Å². The van der Waals surface area contributed by atoms with E-state index < -0.39 is 0 Å². The van der Waals surface area contributed by atoms with E-state index in [1.54, 1.807) is 0 Å². The third-order valence-corrected chi connectivity index (χ3v) is 6.04. The normalized spacial score (nSPS) is 17.9. The van der Waals surface area contributed by atoms with E-state index >= 15 is 0 Å². The molecule has 1 fully saturated rings. The molecule has 0 aromatic heterocycles. The number of hydrogen-bond acceptors (Lipinski definition) is 4. The Kier molecular flexibility index (Phi) is 11.2. The summed E-state index contributed by atoms with van der Waals surface area (Å²) < 4.78 is 16.1. The molecule has 4 nitrogen and oxygen atoms in total. The fourth-order valence-corrected chi connectivity index (χ4v) is 3.24. The summed E-state index contributed by atoms with van der Waals surface area (Å²) in [5, 5.41) is 8.68. The minimum Gasteiger partial charge on any atom is -0.394 e. The second kappa shape index (κ2) is 13.6. The number of rotatable bonds is 12. The molecule has 31 heavy (non-hydrogen) atoms. The SMILES string of the molecule is CCC(C)(COCCO)c1ccccc1.CCC(C)c1ccc(COCC2CO2)cc1. The average Bonchev–Trinajstić information content (AvgIpc) is 3.64. The molecule has 3 atom stereocenters. The number of aliphatic hydroxyl groups excluding tert-OH is 1. The summed E-state index contributed by atoms with van der Waals surface area (Å²) >= 11 is 0. The molecule has 3 rings (SSSR count). The Morgan fingerprint density at radius 3 is 2.29 bits per heavy atom. The van der Waals surface area contributed by atoms with Crippen LogP contribution in [-0.4, -0.2) is 44.2 Å². The molecule has 1 aliphatic heterocycles. The van der Waals surface area contributed by atoms with Crippen molar-refractivity contribution in [2.75, 3.05) is 33.0 Å². The van der Waals surface area contributed by atoms with E-state index in [1.165, 1.54) is 23.1 Å². The summed E-state index contributed by atoms with van der Waals surface area (Å²) in [7, 11) is 0. The van der Waals surface area contributed by atoms with Gasteiger partial charge in [-0.3, -0.25) is 0 Å². The van der Waals surface area contributed by atoms with Gasteiger partial charge in [0.2, 0.25) is 0 Å². The van der Waals surface area contributed by atoms with E-state index in [-0.39, 0.29) is 12.0 Å². The molecular weight excluding hydrogens is 388 g/mol. The van der Waals surface area contributed by atoms with Crippen molar-refractivity contribution in [2.45, 2.75) is 64.6 Å². The van der Waals surface area contributed by atoms with Crippen molar-refractivity contribution < 1.29 is 19.3 Å². The van der Waals surface area contributed by atoms with Gasteiger partial charge in [-0.1, -0.05) is 82.3 Å². The standard InChI is InChI=1S/C14H20O2.C13H20O2/c1-3-11(2)13-6-4-12(5-7-13)8-15-9-14-10-16-14;1-3-13(2,11-15-10-9-14)12-7-5-4-6-8-12/h4-7,11,14H,3,8-10H2,1-2H3;4-8,14H,3,9-11H2,1-2H3. The van der Waals surface area contributed by atoms with Crippen LogP contribution >= 0.6 is 0 Å². The lowest BCUT2D eigenvalue weighted by molar-refractivity contribution is 0.0583. The zero-order chi connectivity index (χ0) is 22.5. The molecule has 3 unspecified atom stereocenters. The zero-order valence-corrected chi connectivity index (χ0v) is 19.7. The predicted octanol–water partition coefficient (Wildman–Crippen LogP) is 5.48. The predicted molar refractivity (Wildman–Crippen MR) is 127 cm³/mol. The van der Waals surface area contributed by atoms with Crippen molar-refractivity contribution in [3.63, 3.8) is 0 Å². The fourth-order valence-electron chi connectivity index (χ4n) is 3.24. The van der Waals surface area contributed by atoms with E-state index in [4.69, 9.17) is 19.3 Å². The summed E-state index contributed by atoms with van der Waals surface area (Å²) in [6, 6.07) is 19.1. The van der Waals surface area contributed by atoms with Crippen molar-refractivity contribution in [1.29, 1.82) is 0 Å². The monoisotopic (exact) mass is 428 g/mol. The first-order chi connectivity index (χ1) is 15.0. The van der Waals surface area contributed by atoms with Gasteiger partial charge in [-0.05, 0) is 35.4 Å². The number of ether oxygens (including phenoxy) is 3. The Hall–Kier alpha value is -1.72. The van der Waals surface area contributed by atoms with E-state index in [0.29, 0.717) is 31.8 Å². The van der Waals surface area contributed by atoms with E-state index in [9.17, 15) is 0 Å². The van der Waals surface area contributed by atoms with Crippen molar-refractivity contribution >= 4 is 0 Å². The van der Waals surface area contributed by atoms with Crippen molar-refractivity contribution in [3.05, 3.63) is 71.3 Å². The summed E-state index contributed by atoms with van der Waals surface area (Å²) in [4.78, 5) is 0. The molecule has 172 valence electrons. The maximum Gasteiger partial charge on any atom is 0.104 e. The maximum atomic E-state index is 8.68. The Labute approximate surface area is 188 Å². The van der Waals surface area contributed by atoms with Gasteiger partial charge in [0.25, 0.3) is 0 Å². The van der Waals surface area contributed by atoms with Gasteiger partial charge in [0, 0.05) is 5.41 Å². The van der Waals surface area contributed by atoms with Gasteiger partial charge in [0.1, 0.15) is 6.10 Å². The molecule has 0 aliphatic carbocycles. The topological polar surface area (TPSA) is 51.2 Å². The van der Waals surface area contributed by atoms with Crippen LogP contribution in [0.3, 0.4) is 0 Å². The van der Waals surface area contributed by atoms with Gasteiger partial charge in [0.15, 0.2) is 0 Å². The second-order valence-corrected chi connectivity index (χ2v) is 8.58. The smallest absolute Gasteiger partial charge is 0.104 e. The van der Waals surface area contributed by atoms with Crippen LogP contribution < -0.4 is 0 Å². The lowest BCUT2D eigenvalue weighted by Gasteiger charge is -2.28. The van der Waals surface area contributed by atoms with E-state index in [0.717, 1.165) is 19.6 Å². The Balaban J connectivity index is 0.000000221. The Morgan fingerprint density at radius 1 is 1.06 bits per heavy atom. The van der Waals surface area contributed by atoms with Crippen molar-refractivity contribution in [3.8, 4) is 0 Å². The van der Waals surface area contributed by atoms with Crippen LogP contribution in [0.2, 0.25) is 0 Å². The van der Waals surface area contributed by atoms with Gasteiger partial charge in [-0.2, -0.15) is 0 Å². The quantitative estimate of drug-likeness (QED) is 0.359. The summed E-state index contributed by atoms with van der Waals surface area (Å²) in [6.45, 7) is 12.3. The largest absolute Gasteiger partial charge is 0.394 e. The lowest BCUT2D eigenvalue weighted by Crippen LogP contribution is -2.28.